The summed E-state index contributed by atoms with van der Waals surface area (Å²) < 4.78 is 27.7. The lowest BCUT2D eigenvalue weighted by Crippen LogP contribution is -2.62. The summed E-state index contributed by atoms with van der Waals surface area (Å²) in [5, 5.41) is 2.96. The SMILES string of the molecule is CC(=O)OCC1OC(Cc2ccc(C(=O)N[C@H](C)c3ccccc3)cc2)C(OC(C)=O)C(OC(C)=O)C1OC(C)=O. The van der Waals surface area contributed by atoms with Gasteiger partial charge in [-0.25, -0.2) is 0 Å². The average Bonchev–Trinajstić information content (AvgIpc) is 2.91. The summed E-state index contributed by atoms with van der Waals surface area (Å²) in [6.45, 7) is 6.34. The van der Waals surface area contributed by atoms with E-state index in [9.17, 15) is 24.0 Å². The third kappa shape index (κ3) is 9.14. The lowest BCUT2D eigenvalue weighted by atomic mass is 9.90. The van der Waals surface area contributed by atoms with Crippen molar-refractivity contribution in [2.24, 2.45) is 0 Å². The van der Waals surface area contributed by atoms with Crippen molar-refractivity contribution >= 4 is 29.8 Å². The van der Waals surface area contributed by atoms with Crippen molar-refractivity contribution in [3.63, 3.8) is 0 Å². The Balaban J connectivity index is 1.84. The Morgan fingerprint density at radius 2 is 1.27 bits per heavy atom. The second kappa shape index (κ2) is 14.4. The quantitative estimate of drug-likeness (QED) is 0.335. The van der Waals surface area contributed by atoms with Gasteiger partial charge in [0, 0.05) is 39.7 Å². The normalized spacial score (nSPS) is 22.5. The van der Waals surface area contributed by atoms with Gasteiger partial charge in [-0.1, -0.05) is 42.5 Å². The third-order valence-electron chi connectivity index (χ3n) is 6.39. The van der Waals surface area contributed by atoms with Crippen LogP contribution in [-0.4, -0.2) is 66.9 Å². The molecule has 11 nitrogen and oxygen atoms in total. The first kappa shape index (κ1) is 31.3. The largest absolute Gasteiger partial charge is 0.463 e. The summed E-state index contributed by atoms with van der Waals surface area (Å²) in [7, 11) is 0. The van der Waals surface area contributed by atoms with E-state index in [1.807, 2.05) is 37.3 Å². The molecule has 1 amide bonds. The van der Waals surface area contributed by atoms with Crippen molar-refractivity contribution in [1.29, 1.82) is 0 Å². The summed E-state index contributed by atoms with van der Waals surface area (Å²) in [6, 6.07) is 16.2. The molecule has 11 heteroatoms. The molecule has 1 aliphatic rings. The summed E-state index contributed by atoms with van der Waals surface area (Å²) >= 11 is 0. The number of nitrogens with one attached hydrogen (secondary N) is 1. The van der Waals surface area contributed by atoms with Crippen molar-refractivity contribution in [3.8, 4) is 0 Å². The Bertz CT molecular complexity index is 1230. The molecule has 1 N–H and O–H groups in total. The number of esters is 4. The van der Waals surface area contributed by atoms with E-state index < -0.39 is 54.4 Å². The number of benzene rings is 2. The number of ether oxygens (including phenoxy) is 5. The average molecular weight is 570 g/mol. The molecule has 0 aromatic heterocycles. The summed E-state index contributed by atoms with van der Waals surface area (Å²) in [6.07, 6.45) is -5.33. The van der Waals surface area contributed by atoms with Gasteiger partial charge >= 0.3 is 23.9 Å². The number of hydrogen-bond donors (Lipinski definition) is 1. The molecule has 220 valence electrons. The van der Waals surface area contributed by atoms with Gasteiger partial charge in [-0.2, -0.15) is 0 Å². The molecule has 0 spiro atoms. The van der Waals surface area contributed by atoms with Gasteiger partial charge in [-0.05, 0) is 30.2 Å². The van der Waals surface area contributed by atoms with Crippen LogP contribution in [-0.2, 0) is 49.3 Å². The van der Waals surface area contributed by atoms with Crippen LogP contribution in [0.25, 0.3) is 0 Å². The molecule has 3 rings (SSSR count). The van der Waals surface area contributed by atoms with Gasteiger partial charge < -0.3 is 29.0 Å². The fraction of sp³-hybridized carbons (Fsp3) is 0.433. The number of hydrogen-bond acceptors (Lipinski definition) is 10. The van der Waals surface area contributed by atoms with Crippen molar-refractivity contribution in [3.05, 3.63) is 71.3 Å². The monoisotopic (exact) mass is 569 g/mol. The molecule has 2 aromatic rings. The van der Waals surface area contributed by atoms with Crippen LogP contribution >= 0.6 is 0 Å². The first-order chi connectivity index (χ1) is 19.4. The minimum atomic E-state index is -1.23. The first-order valence-electron chi connectivity index (χ1n) is 13.2. The fourth-order valence-corrected chi connectivity index (χ4v) is 4.61. The van der Waals surface area contributed by atoms with Crippen LogP contribution in [0.3, 0.4) is 0 Å². The highest BCUT2D eigenvalue weighted by Crippen LogP contribution is 2.31. The molecular formula is C30H35NO10. The predicted molar refractivity (Wildman–Crippen MR) is 144 cm³/mol. The van der Waals surface area contributed by atoms with Crippen LogP contribution in [0.1, 0.15) is 62.1 Å². The molecule has 2 aromatic carbocycles. The van der Waals surface area contributed by atoms with Gasteiger partial charge in [-0.3, -0.25) is 24.0 Å². The molecule has 41 heavy (non-hydrogen) atoms. The Morgan fingerprint density at radius 3 is 1.80 bits per heavy atom. The first-order valence-corrected chi connectivity index (χ1v) is 13.2. The smallest absolute Gasteiger partial charge is 0.303 e. The van der Waals surface area contributed by atoms with Crippen molar-refractivity contribution < 1.29 is 47.7 Å². The summed E-state index contributed by atoms with van der Waals surface area (Å²) in [4.78, 5) is 60.3. The third-order valence-corrected chi connectivity index (χ3v) is 6.39. The zero-order chi connectivity index (χ0) is 30.1. The molecule has 0 aliphatic carbocycles. The van der Waals surface area contributed by atoms with Crippen molar-refractivity contribution in [2.75, 3.05) is 6.61 Å². The van der Waals surface area contributed by atoms with Gasteiger partial charge in [0.1, 0.15) is 18.8 Å². The van der Waals surface area contributed by atoms with Crippen LogP contribution in [0.4, 0.5) is 0 Å². The molecule has 5 unspecified atom stereocenters. The van der Waals surface area contributed by atoms with Gasteiger partial charge in [0.05, 0.1) is 6.04 Å². The Hall–Kier alpha value is -4.25. The summed E-state index contributed by atoms with van der Waals surface area (Å²) in [5.41, 5.74) is 2.14. The Morgan fingerprint density at radius 1 is 0.732 bits per heavy atom. The predicted octanol–water partition coefficient (Wildman–Crippen LogP) is 2.85. The van der Waals surface area contributed by atoms with Crippen molar-refractivity contribution in [1.82, 2.24) is 5.32 Å². The second-order valence-corrected chi connectivity index (χ2v) is 9.74. The van der Waals surface area contributed by atoms with E-state index in [2.05, 4.69) is 5.32 Å². The number of rotatable bonds is 10. The Labute approximate surface area is 238 Å². The van der Waals surface area contributed by atoms with E-state index in [1.165, 1.54) is 27.7 Å². The lowest BCUT2D eigenvalue weighted by molar-refractivity contribution is -0.252. The molecule has 6 atom stereocenters. The standard InChI is InChI=1S/C30H35NO10/c1-17(23-9-7-6-8-10-23)31-30(36)24-13-11-22(12-14-24)15-25-27(38-19(3)33)29(40-21(5)35)28(39-20(4)34)26(41-25)16-37-18(2)32/h6-14,17,25-29H,15-16H2,1-5H3,(H,31,36)/t17-,25?,26?,27?,28?,29?/m1/s1. The molecule has 1 fully saturated rings. The molecule has 1 saturated heterocycles. The van der Waals surface area contributed by atoms with Crippen LogP contribution in [0, 0.1) is 0 Å². The van der Waals surface area contributed by atoms with Crippen LogP contribution < -0.4 is 5.32 Å². The van der Waals surface area contributed by atoms with Crippen LogP contribution in [0.2, 0.25) is 0 Å². The highest BCUT2D eigenvalue weighted by atomic mass is 16.7. The highest BCUT2D eigenvalue weighted by Gasteiger charge is 2.51. The zero-order valence-corrected chi connectivity index (χ0v) is 23.7. The van der Waals surface area contributed by atoms with E-state index in [0.29, 0.717) is 5.56 Å². The second-order valence-electron chi connectivity index (χ2n) is 9.74. The van der Waals surface area contributed by atoms with Crippen molar-refractivity contribution in [2.45, 2.75) is 77.6 Å². The van der Waals surface area contributed by atoms with Crippen LogP contribution in [0.15, 0.2) is 54.6 Å². The molecule has 0 saturated carbocycles. The topological polar surface area (TPSA) is 144 Å². The van der Waals surface area contributed by atoms with Crippen LogP contribution in [0.5, 0.6) is 0 Å². The van der Waals surface area contributed by atoms with E-state index in [0.717, 1.165) is 11.1 Å². The highest BCUT2D eigenvalue weighted by molar-refractivity contribution is 5.94. The minimum Gasteiger partial charge on any atom is -0.463 e. The summed E-state index contributed by atoms with van der Waals surface area (Å²) in [5.74, 6) is -2.90. The maximum atomic E-state index is 12.8. The van der Waals surface area contributed by atoms with Gasteiger partial charge in [0.15, 0.2) is 18.3 Å². The molecule has 0 bridgehead atoms. The fourth-order valence-electron chi connectivity index (χ4n) is 4.61. The maximum Gasteiger partial charge on any atom is 0.303 e. The van der Waals surface area contributed by atoms with E-state index in [1.54, 1.807) is 24.3 Å². The van der Waals surface area contributed by atoms with E-state index >= 15 is 0 Å². The number of carbonyl (C=O) groups excluding carboxylic acids is 5. The molecule has 1 heterocycles. The molecular weight excluding hydrogens is 534 g/mol. The molecule has 1 aliphatic heterocycles. The maximum absolute atomic E-state index is 12.8. The van der Waals surface area contributed by atoms with E-state index in [-0.39, 0.29) is 25.0 Å². The lowest BCUT2D eigenvalue weighted by Gasteiger charge is -2.44. The van der Waals surface area contributed by atoms with Gasteiger partial charge in [0.2, 0.25) is 0 Å². The number of carbonyl (C=O) groups is 5. The van der Waals surface area contributed by atoms with E-state index in [4.69, 9.17) is 23.7 Å². The Kier molecular flexibility index (Phi) is 11.0. The zero-order valence-electron chi connectivity index (χ0n) is 23.7. The van der Waals surface area contributed by atoms with Gasteiger partial charge in [-0.15, -0.1) is 0 Å². The number of amides is 1. The minimum absolute atomic E-state index is 0.168. The van der Waals surface area contributed by atoms with Gasteiger partial charge in [0.25, 0.3) is 5.91 Å². The molecule has 0 radical (unpaired) electrons.